The predicted molar refractivity (Wildman–Crippen MR) is 49.1 cm³/mol. The first-order chi connectivity index (χ1) is 5.69. The van der Waals surface area contributed by atoms with E-state index in [0.717, 1.165) is 6.42 Å². The molecule has 1 aliphatic carbocycles. The smallest absolute Gasteiger partial charge is 0.0705 e. The highest BCUT2D eigenvalue weighted by atomic mass is 16.5. The zero-order valence-corrected chi connectivity index (χ0v) is 8.18. The van der Waals surface area contributed by atoms with Gasteiger partial charge in [-0.15, -0.1) is 0 Å². The third-order valence-electron chi connectivity index (χ3n) is 3.13. The molecule has 2 heteroatoms. The van der Waals surface area contributed by atoms with Crippen LogP contribution in [0, 0.1) is 5.92 Å². The minimum Gasteiger partial charge on any atom is -0.394 e. The van der Waals surface area contributed by atoms with E-state index in [0.29, 0.717) is 12.5 Å². The van der Waals surface area contributed by atoms with Gasteiger partial charge >= 0.3 is 0 Å². The molecule has 0 spiro atoms. The number of aliphatic hydroxyl groups excluding tert-OH is 1. The SMILES string of the molecule is CC1CCCCC1(C)OCCO. The van der Waals surface area contributed by atoms with Gasteiger partial charge in [0.1, 0.15) is 0 Å². The van der Waals surface area contributed by atoms with Crippen molar-refractivity contribution in [3.05, 3.63) is 0 Å². The lowest BCUT2D eigenvalue weighted by atomic mass is 9.77. The highest BCUT2D eigenvalue weighted by Crippen LogP contribution is 2.35. The standard InChI is InChI=1S/C10H20O2/c1-9-5-3-4-6-10(9,2)12-8-7-11/h9,11H,3-8H2,1-2H3. The third-order valence-corrected chi connectivity index (χ3v) is 3.13. The largest absolute Gasteiger partial charge is 0.394 e. The Morgan fingerprint density at radius 3 is 2.83 bits per heavy atom. The zero-order valence-electron chi connectivity index (χ0n) is 8.18. The van der Waals surface area contributed by atoms with E-state index in [-0.39, 0.29) is 12.2 Å². The van der Waals surface area contributed by atoms with Gasteiger partial charge in [-0.05, 0) is 25.7 Å². The summed E-state index contributed by atoms with van der Waals surface area (Å²) in [6, 6.07) is 0. The van der Waals surface area contributed by atoms with E-state index in [2.05, 4.69) is 13.8 Å². The molecule has 1 N–H and O–H groups in total. The molecule has 1 aliphatic rings. The van der Waals surface area contributed by atoms with Crippen molar-refractivity contribution < 1.29 is 9.84 Å². The van der Waals surface area contributed by atoms with Crippen LogP contribution in [0.2, 0.25) is 0 Å². The summed E-state index contributed by atoms with van der Waals surface area (Å²) >= 11 is 0. The highest BCUT2D eigenvalue weighted by Gasteiger charge is 2.33. The maximum Gasteiger partial charge on any atom is 0.0705 e. The van der Waals surface area contributed by atoms with E-state index >= 15 is 0 Å². The lowest BCUT2D eigenvalue weighted by molar-refractivity contribution is -0.0985. The molecule has 2 nitrogen and oxygen atoms in total. The van der Waals surface area contributed by atoms with Crippen molar-refractivity contribution >= 4 is 0 Å². The minimum atomic E-state index is 0.0288. The average Bonchev–Trinajstić information content (AvgIpc) is 2.07. The normalized spacial score (nSPS) is 36.8. The molecule has 0 aliphatic heterocycles. The van der Waals surface area contributed by atoms with Crippen LogP contribution in [0.25, 0.3) is 0 Å². The summed E-state index contributed by atoms with van der Waals surface area (Å²) in [5.74, 6) is 0.637. The molecule has 2 atom stereocenters. The first-order valence-electron chi connectivity index (χ1n) is 4.94. The monoisotopic (exact) mass is 172 g/mol. The first kappa shape index (κ1) is 10.0. The molecular formula is C10H20O2. The molecule has 0 radical (unpaired) electrons. The Kier molecular flexibility index (Phi) is 3.53. The van der Waals surface area contributed by atoms with Gasteiger partial charge in [-0.3, -0.25) is 0 Å². The van der Waals surface area contributed by atoms with Crippen molar-refractivity contribution in [1.82, 2.24) is 0 Å². The number of hydrogen-bond acceptors (Lipinski definition) is 2. The summed E-state index contributed by atoms with van der Waals surface area (Å²) in [5.41, 5.74) is 0.0288. The van der Waals surface area contributed by atoms with Crippen LogP contribution >= 0.6 is 0 Å². The Morgan fingerprint density at radius 1 is 1.50 bits per heavy atom. The lowest BCUT2D eigenvalue weighted by Crippen LogP contribution is -2.39. The molecule has 0 heterocycles. The molecule has 1 rings (SSSR count). The molecule has 1 saturated carbocycles. The zero-order chi connectivity index (χ0) is 9.03. The van der Waals surface area contributed by atoms with E-state index in [4.69, 9.17) is 9.84 Å². The predicted octanol–water partition coefficient (Wildman–Crippen LogP) is 1.96. The minimum absolute atomic E-state index is 0.0288. The molecule has 12 heavy (non-hydrogen) atoms. The fourth-order valence-electron chi connectivity index (χ4n) is 1.97. The lowest BCUT2D eigenvalue weighted by Gasteiger charge is -2.39. The number of ether oxygens (including phenoxy) is 1. The van der Waals surface area contributed by atoms with Gasteiger partial charge in [-0.2, -0.15) is 0 Å². The van der Waals surface area contributed by atoms with Crippen LogP contribution in [0.1, 0.15) is 39.5 Å². The second-order valence-corrected chi connectivity index (χ2v) is 4.03. The van der Waals surface area contributed by atoms with Crippen molar-refractivity contribution in [3.63, 3.8) is 0 Å². The molecule has 0 saturated heterocycles. The quantitative estimate of drug-likeness (QED) is 0.705. The van der Waals surface area contributed by atoms with Crippen molar-refractivity contribution in [2.45, 2.75) is 45.1 Å². The van der Waals surface area contributed by atoms with Gasteiger partial charge in [0.05, 0.1) is 18.8 Å². The van der Waals surface area contributed by atoms with Crippen molar-refractivity contribution in [3.8, 4) is 0 Å². The molecule has 0 aromatic carbocycles. The molecule has 0 aromatic heterocycles. The molecule has 72 valence electrons. The molecule has 0 aromatic rings. The van der Waals surface area contributed by atoms with Gasteiger partial charge in [0.15, 0.2) is 0 Å². The average molecular weight is 172 g/mol. The van der Waals surface area contributed by atoms with E-state index in [1.54, 1.807) is 0 Å². The van der Waals surface area contributed by atoms with Crippen molar-refractivity contribution in [1.29, 1.82) is 0 Å². The van der Waals surface area contributed by atoms with E-state index < -0.39 is 0 Å². The topological polar surface area (TPSA) is 29.5 Å². The Morgan fingerprint density at radius 2 is 2.25 bits per heavy atom. The summed E-state index contributed by atoms with van der Waals surface area (Å²) < 4.78 is 5.68. The van der Waals surface area contributed by atoms with Crippen molar-refractivity contribution in [2.24, 2.45) is 5.92 Å². The number of rotatable bonds is 3. The molecular weight excluding hydrogens is 152 g/mol. The Bertz CT molecular complexity index is 136. The Hall–Kier alpha value is -0.0800. The maximum absolute atomic E-state index is 8.67. The molecule has 0 amide bonds. The van der Waals surface area contributed by atoms with Crippen LogP contribution in [-0.4, -0.2) is 23.9 Å². The van der Waals surface area contributed by atoms with E-state index in [9.17, 15) is 0 Å². The van der Waals surface area contributed by atoms with Crippen LogP contribution < -0.4 is 0 Å². The Balaban J connectivity index is 2.42. The third kappa shape index (κ3) is 2.20. The van der Waals surface area contributed by atoms with Gasteiger partial charge in [0.2, 0.25) is 0 Å². The van der Waals surface area contributed by atoms with Gasteiger partial charge in [0.25, 0.3) is 0 Å². The van der Waals surface area contributed by atoms with Crippen LogP contribution in [0.15, 0.2) is 0 Å². The fourth-order valence-corrected chi connectivity index (χ4v) is 1.97. The summed E-state index contributed by atoms with van der Waals surface area (Å²) in [7, 11) is 0. The highest BCUT2D eigenvalue weighted by molar-refractivity contribution is 4.85. The van der Waals surface area contributed by atoms with Gasteiger partial charge in [-0.1, -0.05) is 19.8 Å². The van der Waals surface area contributed by atoms with Crippen LogP contribution in [0.5, 0.6) is 0 Å². The fraction of sp³-hybridized carbons (Fsp3) is 1.00. The second kappa shape index (κ2) is 4.24. The molecule has 0 bridgehead atoms. The van der Waals surface area contributed by atoms with E-state index in [1.807, 2.05) is 0 Å². The van der Waals surface area contributed by atoms with Crippen LogP contribution in [0.4, 0.5) is 0 Å². The van der Waals surface area contributed by atoms with Gasteiger partial charge in [-0.25, -0.2) is 0 Å². The van der Waals surface area contributed by atoms with Crippen LogP contribution in [-0.2, 0) is 4.74 Å². The van der Waals surface area contributed by atoms with Crippen molar-refractivity contribution in [2.75, 3.05) is 13.2 Å². The van der Waals surface area contributed by atoms with E-state index in [1.165, 1.54) is 19.3 Å². The summed E-state index contributed by atoms with van der Waals surface area (Å²) in [6.07, 6.45) is 5.02. The summed E-state index contributed by atoms with van der Waals surface area (Å²) in [5, 5.41) is 8.67. The molecule has 2 unspecified atom stereocenters. The Labute approximate surface area is 74.9 Å². The molecule has 1 fully saturated rings. The summed E-state index contributed by atoms with van der Waals surface area (Å²) in [4.78, 5) is 0. The maximum atomic E-state index is 8.67. The second-order valence-electron chi connectivity index (χ2n) is 4.03. The van der Waals surface area contributed by atoms with Gasteiger partial charge < -0.3 is 9.84 Å². The number of aliphatic hydroxyl groups is 1. The first-order valence-corrected chi connectivity index (χ1v) is 4.94. The number of hydrogen-bond donors (Lipinski definition) is 1. The van der Waals surface area contributed by atoms with Gasteiger partial charge in [0, 0.05) is 0 Å². The summed E-state index contributed by atoms with van der Waals surface area (Å²) in [6.45, 7) is 5.05. The van der Waals surface area contributed by atoms with Crippen LogP contribution in [0.3, 0.4) is 0 Å².